The van der Waals surface area contributed by atoms with Gasteiger partial charge in [0.25, 0.3) is 0 Å². The highest BCUT2D eigenvalue weighted by Gasteiger charge is 2.02. The predicted molar refractivity (Wildman–Crippen MR) is 94.1 cm³/mol. The van der Waals surface area contributed by atoms with Gasteiger partial charge in [-0.05, 0) is 31.1 Å². The monoisotopic (exact) mass is 311 g/mol. The number of hydrogen-bond donors (Lipinski definition) is 2. The summed E-state index contributed by atoms with van der Waals surface area (Å²) in [5.41, 5.74) is 2.41. The van der Waals surface area contributed by atoms with Gasteiger partial charge < -0.3 is 15.5 Å². The maximum atomic E-state index is 11.7. The Kier molecular flexibility index (Phi) is 7.14. The Morgan fingerprint density at radius 2 is 1.52 bits per heavy atom. The van der Waals surface area contributed by atoms with E-state index in [2.05, 4.69) is 46.8 Å². The molecular formula is C19H25N3O. The van der Waals surface area contributed by atoms with Gasteiger partial charge in [-0.1, -0.05) is 60.7 Å². The molecule has 0 radical (unpaired) electrons. The van der Waals surface area contributed by atoms with Crippen molar-refractivity contribution in [3.63, 3.8) is 0 Å². The van der Waals surface area contributed by atoms with Gasteiger partial charge in [-0.2, -0.15) is 0 Å². The maximum Gasteiger partial charge on any atom is 0.315 e. The zero-order valence-electron chi connectivity index (χ0n) is 13.7. The molecule has 122 valence electrons. The molecule has 0 bridgehead atoms. The van der Waals surface area contributed by atoms with Crippen LogP contribution in [-0.4, -0.2) is 31.1 Å². The van der Waals surface area contributed by atoms with E-state index in [1.165, 1.54) is 5.56 Å². The summed E-state index contributed by atoms with van der Waals surface area (Å²) in [6, 6.07) is 20.2. The summed E-state index contributed by atoms with van der Waals surface area (Å²) < 4.78 is 0. The summed E-state index contributed by atoms with van der Waals surface area (Å²) in [5.74, 6) is 0. The molecule has 4 heteroatoms. The van der Waals surface area contributed by atoms with Crippen LogP contribution in [0.3, 0.4) is 0 Å². The van der Waals surface area contributed by atoms with E-state index in [-0.39, 0.29) is 6.03 Å². The highest BCUT2D eigenvalue weighted by atomic mass is 16.2. The lowest BCUT2D eigenvalue weighted by atomic mass is 10.2. The quantitative estimate of drug-likeness (QED) is 0.736. The summed E-state index contributed by atoms with van der Waals surface area (Å²) in [6.07, 6.45) is 0.933. The van der Waals surface area contributed by atoms with E-state index in [4.69, 9.17) is 0 Å². The van der Waals surface area contributed by atoms with Crippen molar-refractivity contribution in [2.75, 3.05) is 20.1 Å². The number of carbonyl (C=O) groups excluding carboxylic acids is 1. The first-order chi connectivity index (χ1) is 11.2. The largest absolute Gasteiger partial charge is 0.338 e. The lowest BCUT2D eigenvalue weighted by Crippen LogP contribution is -2.36. The summed E-state index contributed by atoms with van der Waals surface area (Å²) >= 11 is 0. The average Bonchev–Trinajstić information content (AvgIpc) is 2.59. The molecule has 0 aliphatic heterocycles. The zero-order chi connectivity index (χ0) is 16.3. The van der Waals surface area contributed by atoms with Crippen LogP contribution in [0.25, 0.3) is 0 Å². The Hall–Kier alpha value is -2.33. The summed E-state index contributed by atoms with van der Waals surface area (Å²) in [5, 5.41) is 5.76. The molecule has 0 unspecified atom stereocenters. The number of nitrogens with zero attached hydrogens (tertiary/aromatic N) is 1. The minimum Gasteiger partial charge on any atom is -0.338 e. The summed E-state index contributed by atoms with van der Waals surface area (Å²) in [6.45, 7) is 3.12. The third-order valence-electron chi connectivity index (χ3n) is 3.59. The molecule has 0 saturated carbocycles. The van der Waals surface area contributed by atoms with Crippen LogP contribution < -0.4 is 10.6 Å². The second-order valence-corrected chi connectivity index (χ2v) is 5.67. The Labute approximate surface area is 138 Å². The SMILES string of the molecule is CN(CCCNC(=O)NCc1ccccc1)Cc1ccccc1. The van der Waals surface area contributed by atoms with Gasteiger partial charge in [-0.25, -0.2) is 4.79 Å². The van der Waals surface area contributed by atoms with Gasteiger partial charge in [-0.15, -0.1) is 0 Å². The van der Waals surface area contributed by atoms with Gasteiger partial charge in [0, 0.05) is 19.6 Å². The smallest absolute Gasteiger partial charge is 0.315 e. The van der Waals surface area contributed by atoms with Crippen molar-refractivity contribution in [1.29, 1.82) is 0 Å². The summed E-state index contributed by atoms with van der Waals surface area (Å²) in [4.78, 5) is 14.0. The van der Waals surface area contributed by atoms with Crippen LogP contribution in [0.4, 0.5) is 4.79 Å². The molecule has 2 amide bonds. The number of rotatable bonds is 8. The fraction of sp³-hybridized carbons (Fsp3) is 0.316. The number of hydrogen-bond acceptors (Lipinski definition) is 2. The Balaban J connectivity index is 1.55. The first-order valence-corrected chi connectivity index (χ1v) is 8.02. The van der Waals surface area contributed by atoms with Crippen molar-refractivity contribution < 1.29 is 4.79 Å². The van der Waals surface area contributed by atoms with Gasteiger partial charge in [0.1, 0.15) is 0 Å². The molecule has 0 atom stereocenters. The lowest BCUT2D eigenvalue weighted by molar-refractivity contribution is 0.239. The van der Waals surface area contributed by atoms with Gasteiger partial charge >= 0.3 is 6.03 Å². The Morgan fingerprint density at radius 1 is 0.913 bits per heavy atom. The van der Waals surface area contributed by atoms with Crippen LogP contribution in [0.5, 0.6) is 0 Å². The number of amides is 2. The molecule has 4 nitrogen and oxygen atoms in total. The van der Waals surface area contributed by atoms with Crippen molar-refractivity contribution in [3.05, 3.63) is 71.8 Å². The fourth-order valence-electron chi connectivity index (χ4n) is 2.37. The van der Waals surface area contributed by atoms with E-state index < -0.39 is 0 Å². The molecule has 2 aromatic rings. The minimum atomic E-state index is -0.112. The number of benzene rings is 2. The van der Waals surface area contributed by atoms with Gasteiger partial charge in [-0.3, -0.25) is 0 Å². The van der Waals surface area contributed by atoms with Crippen LogP contribution in [0, 0.1) is 0 Å². The zero-order valence-corrected chi connectivity index (χ0v) is 13.7. The van der Waals surface area contributed by atoms with Crippen LogP contribution in [-0.2, 0) is 13.1 Å². The van der Waals surface area contributed by atoms with Gasteiger partial charge in [0.05, 0.1) is 0 Å². The average molecular weight is 311 g/mol. The van der Waals surface area contributed by atoms with Crippen LogP contribution in [0.1, 0.15) is 17.5 Å². The first kappa shape index (κ1) is 17.0. The third-order valence-corrected chi connectivity index (χ3v) is 3.59. The number of nitrogens with one attached hydrogen (secondary N) is 2. The highest BCUT2D eigenvalue weighted by molar-refractivity contribution is 5.73. The molecule has 2 aromatic carbocycles. The molecule has 2 rings (SSSR count). The number of urea groups is 1. The van der Waals surface area contributed by atoms with E-state index in [1.54, 1.807) is 0 Å². The maximum absolute atomic E-state index is 11.7. The Bertz CT molecular complexity index is 572. The molecule has 2 N–H and O–H groups in total. The van der Waals surface area contributed by atoms with Crippen molar-refractivity contribution >= 4 is 6.03 Å². The molecular weight excluding hydrogens is 286 g/mol. The molecule has 0 heterocycles. The molecule has 0 aliphatic carbocycles. The van der Waals surface area contributed by atoms with E-state index in [9.17, 15) is 4.79 Å². The number of carbonyl (C=O) groups is 1. The third kappa shape index (κ3) is 6.98. The Morgan fingerprint density at radius 3 is 2.17 bits per heavy atom. The highest BCUT2D eigenvalue weighted by Crippen LogP contribution is 2.02. The van der Waals surface area contributed by atoms with E-state index in [1.807, 2.05) is 36.4 Å². The van der Waals surface area contributed by atoms with Crippen molar-refractivity contribution in [3.8, 4) is 0 Å². The van der Waals surface area contributed by atoms with Crippen LogP contribution >= 0.6 is 0 Å². The molecule has 0 aliphatic rings. The first-order valence-electron chi connectivity index (χ1n) is 8.02. The van der Waals surface area contributed by atoms with Crippen molar-refractivity contribution in [1.82, 2.24) is 15.5 Å². The van der Waals surface area contributed by atoms with Crippen molar-refractivity contribution in [2.24, 2.45) is 0 Å². The fourth-order valence-corrected chi connectivity index (χ4v) is 2.37. The van der Waals surface area contributed by atoms with E-state index in [0.717, 1.165) is 25.1 Å². The minimum absolute atomic E-state index is 0.112. The van der Waals surface area contributed by atoms with Crippen LogP contribution in [0.15, 0.2) is 60.7 Å². The second kappa shape index (κ2) is 9.64. The standard InChI is InChI=1S/C19H25N3O/c1-22(16-18-11-6-3-7-12-18)14-8-13-20-19(23)21-15-17-9-4-2-5-10-17/h2-7,9-12H,8,13-16H2,1H3,(H2,20,21,23). The lowest BCUT2D eigenvalue weighted by Gasteiger charge is -2.16. The molecule has 0 fully saturated rings. The molecule has 0 aromatic heterocycles. The van der Waals surface area contributed by atoms with Crippen LogP contribution in [0.2, 0.25) is 0 Å². The summed E-state index contributed by atoms with van der Waals surface area (Å²) in [7, 11) is 2.10. The van der Waals surface area contributed by atoms with Gasteiger partial charge in [0.15, 0.2) is 0 Å². The second-order valence-electron chi connectivity index (χ2n) is 5.67. The normalized spacial score (nSPS) is 10.5. The van der Waals surface area contributed by atoms with E-state index >= 15 is 0 Å². The van der Waals surface area contributed by atoms with E-state index in [0.29, 0.717) is 13.1 Å². The predicted octanol–water partition coefficient (Wildman–Crippen LogP) is 3.01. The van der Waals surface area contributed by atoms with Crippen molar-refractivity contribution in [2.45, 2.75) is 19.5 Å². The molecule has 0 spiro atoms. The van der Waals surface area contributed by atoms with Gasteiger partial charge in [0.2, 0.25) is 0 Å². The topological polar surface area (TPSA) is 44.4 Å². The molecule has 0 saturated heterocycles. The molecule has 23 heavy (non-hydrogen) atoms.